The summed E-state index contributed by atoms with van der Waals surface area (Å²) in [5.74, 6) is -0.406. The first kappa shape index (κ1) is 18.8. The molecular formula is C19H14F2N4O3S. The number of amides is 1. The van der Waals surface area contributed by atoms with Gasteiger partial charge in [-0.1, -0.05) is 18.2 Å². The number of thiophene rings is 1. The van der Waals surface area contributed by atoms with Crippen LogP contribution < -0.4 is 15.2 Å². The number of imidazole rings is 1. The van der Waals surface area contributed by atoms with Gasteiger partial charge in [-0.2, -0.15) is 8.78 Å². The molecule has 4 aromatic rings. The molecule has 7 nitrogen and oxygen atoms in total. The molecule has 1 amide bonds. The summed E-state index contributed by atoms with van der Waals surface area (Å²) >= 11 is 1.13. The molecule has 0 saturated heterocycles. The summed E-state index contributed by atoms with van der Waals surface area (Å²) in [6, 6.07) is 9.70. The Morgan fingerprint density at radius 2 is 2.07 bits per heavy atom. The van der Waals surface area contributed by atoms with Crippen LogP contribution in [0.5, 0.6) is 11.5 Å². The first-order valence-corrected chi connectivity index (χ1v) is 9.21. The summed E-state index contributed by atoms with van der Waals surface area (Å²) in [6.07, 6.45) is 4.90. The standard InChI is InChI=1S/C19H14F2N4O3S/c20-19(21)28-14-4-2-1-3-11(14)9-27-15-7-16(29-17(15)18(22)26)25-10-24-12-5-6-23-8-13(12)25/h1-8,10,19H,9H2,(H2,22,26). The molecule has 148 valence electrons. The van der Waals surface area contributed by atoms with Gasteiger partial charge < -0.3 is 15.2 Å². The fourth-order valence-electron chi connectivity index (χ4n) is 2.78. The predicted molar refractivity (Wildman–Crippen MR) is 103 cm³/mol. The molecule has 0 bridgehead atoms. The van der Waals surface area contributed by atoms with Crippen molar-refractivity contribution in [2.45, 2.75) is 13.2 Å². The second kappa shape index (κ2) is 7.84. The number of rotatable bonds is 7. The average molecular weight is 416 g/mol. The van der Waals surface area contributed by atoms with Gasteiger partial charge in [-0.15, -0.1) is 11.3 Å². The summed E-state index contributed by atoms with van der Waals surface area (Å²) in [5.41, 5.74) is 7.40. The van der Waals surface area contributed by atoms with Crippen molar-refractivity contribution in [3.63, 3.8) is 0 Å². The number of aromatic nitrogens is 3. The number of carbonyl (C=O) groups is 1. The minimum absolute atomic E-state index is 0.00487. The van der Waals surface area contributed by atoms with Crippen molar-refractivity contribution in [2.24, 2.45) is 5.73 Å². The number of pyridine rings is 1. The number of nitrogens with two attached hydrogens (primary N) is 1. The number of halogens is 2. The number of ether oxygens (including phenoxy) is 2. The molecule has 0 aliphatic rings. The van der Waals surface area contributed by atoms with Gasteiger partial charge >= 0.3 is 6.61 Å². The second-order valence-corrected chi connectivity index (χ2v) is 6.93. The molecule has 0 unspecified atom stereocenters. The third-order valence-corrected chi connectivity index (χ3v) is 5.20. The Hall–Kier alpha value is -3.53. The molecular weight excluding hydrogens is 402 g/mol. The third kappa shape index (κ3) is 3.87. The van der Waals surface area contributed by atoms with Gasteiger partial charge in [0.2, 0.25) is 0 Å². The van der Waals surface area contributed by atoms with E-state index in [2.05, 4.69) is 14.7 Å². The number of para-hydroxylation sites is 1. The molecule has 0 atom stereocenters. The van der Waals surface area contributed by atoms with E-state index in [4.69, 9.17) is 10.5 Å². The minimum atomic E-state index is -2.95. The fraction of sp³-hybridized carbons (Fsp3) is 0.105. The van der Waals surface area contributed by atoms with Gasteiger partial charge in [0.1, 0.15) is 34.3 Å². The topological polar surface area (TPSA) is 92.3 Å². The highest BCUT2D eigenvalue weighted by Gasteiger charge is 2.19. The molecule has 0 spiro atoms. The number of carbonyl (C=O) groups excluding carboxylic acids is 1. The third-order valence-electron chi connectivity index (χ3n) is 4.07. The van der Waals surface area contributed by atoms with E-state index in [9.17, 15) is 13.6 Å². The van der Waals surface area contributed by atoms with Gasteiger partial charge in [-0.3, -0.25) is 14.3 Å². The molecule has 3 heterocycles. The van der Waals surface area contributed by atoms with E-state index in [0.29, 0.717) is 10.6 Å². The lowest BCUT2D eigenvalue weighted by Gasteiger charge is -2.11. The number of primary amides is 1. The zero-order valence-electron chi connectivity index (χ0n) is 14.8. The maximum atomic E-state index is 12.6. The summed E-state index contributed by atoms with van der Waals surface area (Å²) < 4.78 is 37.2. The summed E-state index contributed by atoms with van der Waals surface area (Å²) in [6.45, 7) is -3.03. The highest BCUT2D eigenvalue weighted by Crippen LogP contribution is 2.34. The van der Waals surface area contributed by atoms with Crippen molar-refractivity contribution >= 4 is 28.3 Å². The van der Waals surface area contributed by atoms with Crippen LogP contribution in [0, 0.1) is 0 Å². The monoisotopic (exact) mass is 416 g/mol. The van der Waals surface area contributed by atoms with Gasteiger partial charge in [0.05, 0.1) is 17.2 Å². The van der Waals surface area contributed by atoms with Crippen LogP contribution in [0.4, 0.5) is 8.78 Å². The predicted octanol–water partition coefficient (Wildman–Crippen LogP) is 3.76. The molecule has 1 aromatic carbocycles. The van der Waals surface area contributed by atoms with E-state index in [-0.39, 0.29) is 23.0 Å². The molecule has 29 heavy (non-hydrogen) atoms. The SMILES string of the molecule is NC(=O)c1sc(-n2cnc3ccncc32)cc1OCc1ccccc1OC(F)F. The van der Waals surface area contributed by atoms with Crippen molar-refractivity contribution < 1.29 is 23.0 Å². The van der Waals surface area contributed by atoms with Crippen molar-refractivity contribution in [1.82, 2.24) is 14.5 Å². The first-order chi connectivity index (χ1) is 14.0. The van der Waals surface area contributed by atoms with Crippen LogP contribution in [0.1, 0.15) is 15.2 Å². The van der Waals surface area contributed by atoms with E-state index in [1.165, 1.54) is 6.07 Å². The lowest BCUT2D eigenvalue weighted by molar-refractivity contribution is -0.0508. The lowest BCUT2D eigenvalue weighted by atomic mass is 10.2. The number of hydrogen-bond acceptors (Lipinski definition) is 6. The molecule has 4 rings (SSSR count). The smallest absolute Gasteiger partial charge is 0.387 e. The Morgan fingerprint density at radius 3 is 2.86 bits per heavy atom. The van der Waals surface area contributed by atoms with E-state index < -0.39 is 12.5 Å². The van der Waals surface area contributed by atoms with Gasteiger partial charge in [-0.05, 0) is 12.1 Å². The quantitative estimate of drug-likeness (QED) is 0.495. The van der Waals surface area contributed by atoms with Crippen molar-refractivity contribution in [3.8, 4) is 16.5 Å². The number of benzene rings is 1. The molecule has 0 aliphatic heterocycles. The van der Waals surface area contributed by atoms with E-state index >= 15 is 0 Å². The normalized spacial score (nSPS) is 11.1. The molecule has 2 N–H and O–H groups in total. The zero-order chi connectivity index (χ0) is 20.4. The Morgan fingerprint density at radius 1 is 1.24 bits per heavy atom. The van der Waals surface area contributed by atoms with Crippen LogP contribution in [0.15, 0.2) is 55.1 Å². The van der Waals surface area contributed by atoms with Crippen LogP contribution in [-0.2, 0) is 6.61 Å². The van der Waals surface area contributed by atoms with Crippen molar-refractivity contribution in [3.05, 3.63) is 65.6 Å². The van der Waals surface area contributed by atoms with E-state index in [1.807, 2.05) is 0 Å². The maximum absolute atomic E-state index is 12.6. The second-order valence-electron chi connectivity index (χ2n) is 5.90. The van der Waals surface area contributed by atoms with Crippen LogP contribution >= 0.6 is 11.3 Å². The van der Waals surface area contributed by atoms with Crippen LogP contribution in [0.2, 0.25) is 0 Å². The first-order valence-electron chi connectivity index (χ1n) is 8.39. The van der Waals surface area contributed by atoms with Crippen LogP contribution in [0.3, 0.4) is 0 Å². The Bertz CT molecular complexity index is 1180. The van der Waals surface area contributed by atoms with Crippen LogP contribution in [-0.4, -0.2) is 27.1 Å². The zero-order valence-corrected chi connectivity index (χ0v) is 15.6. The van der Waals surface area contributed by atoms with Gasteiger partial charge in [0.25, 0.3) is 5.91 Å². The van der Waals surface area contributed by atoms with Gasteiger partial charge in [0, 0.05) is 17.8 Å². The minimum Gasteiger partial charge on any atom is -0.487 e. The molecule has 0 saturated carbocycles. The van der Waals surface area contributed by atoms with E-state index in [0.717, 1.165) is 22.4 Å². The molecule has 0 radical (unpaired) electrons. The number of alkyl halides is 2. The summed E-state index contributed by atoms with van der Waals surface area (Å²) in [7, 11) is 0. The molecule has 0 aliphatic carbocycles. The highest BCUT2D eigenvalue weighted by atomic mass is 32.1. The largest absolute Gasteiger partial charge is 0.487 e. The number of nitrogens with zero attached hydrogens (tertiary/aromatic N) is 3. The number of hydrogen-bond donors (Lipinski definition) is 1. The Labute approximate surface area is 167 Å². The average Bonchev–Trinajstić information content (AvgIpc) is 3.31. The Kier molecular flexibility index (Phi) is 5.09. The van der Waals surface area contributed by atoms with Crippen molar-refractivity contribution in [1.29, 1.82) is 0 Å². The van der Waals surface area contributed by atoms with E-state index in [1.54, 1.807) is 53.6 Å². The Balaban J connectivity index is 1.64. The molecule has 10 heteroatoms. The maximum Gasteiger partial charge on any atom is 0.387 e. The summed E-state index contributed by atoms with van der Waals surface area (Å²) in [4.78, 5) is 20.5. The van der Waals surface area contributed by atoms with Crippen LogP contribution in [0.25, 0.3) is 16.0 Å². The summed E-state index contributed by atoms with van der Waals surface area (Å²) in [5, 5.41) is 0.654. The molecule has 0 fully saturated rings. The number of fused-ring (bicyclic) bond motifs is 1. The van der Waals surface area contributed by atoms with Crippen molar-refractivity contribution in [2.75, 3.05) is 0 Å². The molecule has 3 aromatic heterocycles. The fourth-order valence-corrected chi connectivity index (χ4v) is 3.72. The van der Waals surface area contributed by atoms with Gasteiger partial charge in [-0.25, -0.2) is 4.98 Å². The lowest BCUT2D eigenvalue weighted by Crippen LogP contribution is -2.11. The highest BCUT2D eigenvalue weighted by molar-refractivity contribution is 7.16. The van der Waals surface area contributed by atoms with Gasteiger partial charge in [0.15, 0.2) is 0 Å².